The van der Waals surface area contributed by atoms with Crippen LogP contribution in [0.3, 0.4) is 0 Å². The van der Waals surface area contributed by atoms with Crippen LogP contribution in [0.5, 0.6) is 0 Å². The fourth-order valence-electron chi connectivity index (χ4n) is 10.0. The van der Waals surface area contributed by atoms with Crippen molar-refractivity contribution in [1.29, 1.82) is 0 Å². The van der Waals surface area contributed by atoms with Gasteiger partial charge in [-0.1, -0.05) is 99.5 Å². The summed E-state index contributed by atoms with van der Waals surface area (Å²) >= 11 is 12.3. The van der Waals surface area contributed by atoms with E-state index in [-0.39, 0.29) is 104 Å². The normalized spacial score (nSPS) is 9.67. The first-order chi connectivity index (χ1) is 71.3. The lowest BCUT2D eigenvalue weighted by atomic mass is 10.2. The zero-order valence-corrected chi connectivity index (χ0v) is 97.2. The average Bonchev–Trinajstić information content (AvgIpc) is 0.865. The summed E-state index contributed by atoms with van der Waals surface area (Å²) in [4.78, 5) is 163. The van der Waals surface area contributed by atoms with Gasteiger partial charge in [0.15, 0.2) is 0 Å². The number of esters is 8. The summed E-state index contributed by atoms with van der Waals surface area (Å²) in [5.74, 6) is -4.44. The van der Waals surface area contributed by atoms with Crippen LogP contribution in [0.25, 0.3) is 0 Å². The van der Waals surface area contributed by atoms with Crippen LogP contribution in [0, 0.1) is 0 Å². The van der Waals surface area contributed by atoms with E-state index in [9.17, 15) is 62.3 Å². The number of nitrogens with two attached hydrogens (primary N) is 4. The number of hydrogen-bond acceptors (Lipinski definition) is 41. The number of benzene rings is 8. The summed E-state index contributed by atoms with van der Waals surface area (Å²) < 4.78 is 68.3. The maximum Gasteiger partial charge on any atom is 0.394 e. The number of carboxylic acid groups (broad SMARTS) is 1. The topological polar surface area (TPSA) is 613 Å². The van der Waals surface area contributed by atoms with Crippen molar-refractivity contribution in [2.24, 2.45) is 22.9 Å². The molecule has 0 aliphatic rings. The molecule has 836 valence electrons. The summed E-state index contributed by atoms with van der Waals surface area (Å²) in [5.41, 5.74) is 24.7. The fraction of sp³-hybridized carbons (Fsp3) is 0.364. The van der Waals surface area contributed by atoms with Gasteiger partial charge in [-0.2, -0.15) is 8.42 Å². The molecule has 0 aromatic heterocycles. The van der Waals surface area contributed by atoms with Gasteiger partial charge in [-0.05, 0) is 214 Å². The molecule has 0 atom stereocenters. The maximum absolute atomic E-state index is 12.7. The highest BCUT2D eigenvalue weighted by molar-refractivity contribution is 15.0. The van der Waals surface area contributed by atoms with Gasteiger partial charge >= 0.3 is 64.1 Å². The number of amides is 4. The Kier molecular flexibility index (Phi) is 99.4. The molecule has 0 saturated heterocycles. The number of carbonyl (C=O) groups excluding carboxylic acids is 12. The number of methoxy groups -OCH3 is 8. The van der Waals surface area contributed by atoms with E-state index in [1.54, 1.807) is 152 Å². The van der Waals surface area contributed by atoms with Gasteiger partial charge in [-0.3, -0.25) is 47.5 Å². The molecule has 18 N–H and O–H groups in total. The molecule has 40 nitrogen and oxygen atoms in total. The lowest BCUT2D eigenvalue weighted by Crippen LogP contribution is -2.37. The van der Waals surface area contributed by atoms with Crippen molar-refractivity contribution < 1.29 is 138 Å². The summed E-state index contributed by atoms with van der Waals surface area (Å²) in [5, 5.41) is 40.7. The van der Waals surface area contributed by atoms with Crippen molar-refractivity contribution in [2.75, 3.05) is 189 Å². The molecule has 8 rings (SSSR count). The quantitative estimate of drug-likeness (QED) is 0.00321. The second kappa shape index (κ2) is 98.7. The molecule has 0 aliphatic carbocycles. The SMILES string of the molecule is C.C=CC(=O)OC.CCN(CC)CC.CO.CO.CO.COC(=O)CCN(CCNC(=O)c1ccc(SSc2ccc(C(=O)NCCN(CCC(=O)OC)CCC(=O)OC)cc2)cc1)CCC(=O)OC.COC(=O)c1ccc(S)cc1.COC(=O)c1ccc(SSc2ccc(C(=O)OC)cc2)cc1.II.NCCN.NCCNC(=O)c1ccc(SSc2ccc(C(=O)NCCN)cc2)cc1.O=C(O)c1ccc(S)cc1.O=S(=O)(O)O. The van der Waals surface area contributed by atoms with Gasteiger partial charge in [0, 0.05) is 218 Å². The molecular formula is C99H143I2N11O29S9. The Morgan fingerprint density at radius 3 is 0.673 bits per heavy atom. The standard InChI is InChI=1S/C34H46N4O10S2.C18H22N4O2S2.C16H14O4S2.C8H8O2S.C7H6O2S.C6H15N.C4H6O2.C2H8N2.3CH4O.CH4.I2.H2O4S/c1-45-29(39)13-19-37(20-14-30(40)46-2)23-17-35-33(43)25-5-9-27(10-6-25)49-50-28-11-7-26(8-12-28)34(44)36-18-24-38(21-15-31(41)47-3)22-16-32(42)48-4;19-9-11-21-17(23)13-1-5-15(6-2-13)25-26-16-7-3-14(4-8-16)18(24)22-12-10-20;1-19-15(17)11-3-7-13(8-4-11)21-22-14-9-5-12(6-10-14)16(18)20-2;1-10-8(9)6-2-4-7(11)5-3-6;8-7(9)5-1-3-6(10)4-2-5;1-4-7(5-2)6-3;1-3-4(5)6-2;3-1-2-4;3*1-2;;1-2;1-5(2,3)4/h5-12H,13-24H2,1-4H3,(H,35,43)(H,36,44);1-8H,9-12,19-20H2,(H,21,23)(H,22,24);3-10H,1-2H3;2-5,11H,1H3;1-4,10H,(H,8,9);4-6H2,1-3H3;3H,1H2,2H3;1-4H2;3*2H,1H3;1H4;;(H2,1,2,3,4). The zero-order chi connectivity index (χ0) is 114. The Labute approximate surface area is 937 Å². The van der Waals surface area contributed by atoms with Crippen molar-refractivity contribution in [3.63, 3.8) is 0 Å². The minimum atomic E-state index is -4.67. The molecule has 0 unspecified atom stereocenters. The fourth-order valence-corrected chi connectivity index (χ4v) is 16.1. The van der Waals surface area contributed by atoms with E-state index in [1.807, 2.05) is 82.6 Å². The third-order valence-electron chi connectivity index (χ3n) is 17.7. The number of hydrogen-bond donors (Lipinski definition) is 16. The molecule has 0 radical (unpaired) electrons. The van der Waals surface area contributed by atoms with E-state index in [4.69, 9.17) is 79.8 Å². The number of thiol groups is 2. The Balaban J connectivity index is -0.000000436. The molecule has 0 spiro atoms. The number of ether oxygens (including phenoxy) is 8. The first-order valence-electron chi connectivity index (χ1n) is 44.3. The van der Waals surface area contributed by atoms with Crippen LogP contribution in [0.1, 0.15) is 137 Å². The first kappa shape index (κ1) is 151. The van der Waals surface area contributed by atoms with Crippen LogP contribution in [-0.2, 0) is 72.3 Å². The Bertz CT molecular complexity index is 4870. The van der Waals surface area contributed by atoms with E-state index in [1.165, 1.54) is 110 Å². The third-order valence-corrected chi connectivity index (χ3v) is 25.6. The number of aromatic carboxylic acids is 1. The van der Waals surface area contributed by atoms with Crippen molar-refractivity contribution in [3.05, 3.63) is 251 Å². The second-order valence-electron chi connectivity index (χ2n) is 27.5. The molecule has 150 heavy (non-hydrogen) atoms. The Morgan fingerprint density at radius 2 is 0.520 bits per heavy atom. The lowest BCUT2D eigenvalue weighted by molar-refractivity contribution is -0.142. The second-order valence-corrected chi connectivity index (χ2v) is 36.2. The summed E-state index contributed by atoms with van der Waals surface area (Å²) in [7, 11) is 18.3. The van der Waals surface area contributed by atoms with Crippen LogP contribution in [0.15, 0.2) is 246 Å². The highest BCUT2D eigenvalue weighted by Gasteiger charge is 2.18. The molecule has 0 heterocycles. The van der Waals surface area contributed by atoms with E-state index in [2.05, 4.69) is 135 Å². The first-order valence-corrected chi connectivity index (χ1v) is 59.4. The number of nitrogens with one attached hydrogen (secondary N) is 4. The van der Waals surface area contributed by atoms with E-state index in [0.717, 1.165) is 66.6 Å². The van der Waals surface area contributed by atoms with E-state index in [0.29, 0.717) is 131 Å². The third kappa shape index (κ3) is 78.5. The number of rotatable bonds is 44. The molecule has 0 saturated carbocycles. The largest absolute Gasteiger partial charge is 0.478 e. The smallest absolute Gasteiger partial charge is 0.394 e. The molecule has 0 fully saturated rings. The van der Waals surface area contributed by atoms with Crippen LogP contribution >= 0.6 is 127 Å². The van der Waals surface area contributed by atoms with Gasteiger partial charge < -0.3 is 117 Å². The van der Waals surface area contributed by atoms with Crippen molar-refractivity contribution in [3.8, 4) is 0 Å². The maximum atomic E-state index is 12.7. The number of carboxylic acids is 1. The van der Waals surface area contributed by atoms with Gasteiger partial charge in [0.05, 0.1) is 105 Å². The predicted molar refractivity (Wildman–Crippen MR) is 616 cm³/mol. The number of aliphatic hydroxyl groups excluding tert-OH is 3. The summed E-state index contributed by atoms with van der Waals surface area (Å²) in [6.45, 7) is 19.3. The van der Waals surface area contributed by atoms with Crippen molar-refractivity contribution in [1.82, 2.24) is 36.0 Å². The number of aliphatic hydroxyl groups is 3. The van der Waals surface area contributed by atoms with Crippen LogP contribution in [0.4, 0.5) is 0 Å². The van der Waals surface area contributed by atoms with Crippen LogP contribution < -0.4 is 44.2 Å². The molecule has 4 amide bonds. The van der Waals surface area contributed by atoms with Gasteiger partial charge in [0.2, 0.25) is 0 Å². The average molecular weight is 2490 g/mol. The number of nitrogens with zero attached hydrogens (tertiary/aromatic N) is 3. The molecule has 51 heteroatoms. The predicted octanol–water partition coefficient (Wildman–Crippen LogP) is 13.3. The molecule has 8 aromatic rings. The minimum Gasteiger partial charge on any atom is -0.478 e. The van der Waals surface area contributed by atoms with Gasteiger partial charge in [0.1, 0.15) is 0 Å². The Hall–Kier alpha value is -9.66. The van der Waals surface area contributed by atoms with Crippen LogP contribution in [-0.4, -0.2) is 319 Å². The van der Waals surface area contributed by atoms with Crippen molar-refractivity contribution in [2.45, 2.75) is 93.0 Å². The number of carbonyl (C=O) groups is 13. The van der Waals surface area contributed by atoms with E-state index >= 15 is 0 Å². The Morgan fingerprint density at radius 1 is 0.327 bits per heavy atom. The van der Waals surface area contributed by atoms with Crippen molar-refractivity contribution >= 4 is 215 Å². The molecule has 0 aliphatic heterocycles. The minimum absolute atomic E-state index is 0. The van der Waals surface area contributed by atoms with Gasteiger partial charge in [-0.15, -0.1) is 25.3 Å². The zero-order valence-electron chi connectivity index (χ0n) is 85.3. The molecule has 0 bridgehead atoms. The summed E-state index contributed by atoms with van der Waals surface area (Å²) in [6.07, 6.45) is 1.80. The molecular weight excluding hydrogens is 2350 g/mol. The highest BCUT2D eigenvalue weighted by atomic mass is 128. The molecule has 8 aromatic carbocycles. The van der Waals surface area contributed by atoms with Gasteiger partial charge in [0.25, 0.3) is 23.6 Å². The number of halogens is 2. The van der Waals surface area contributed by atoms with E-state index < -0.39 is 22.3 Å². The van der Waals surface area contributed by atoms with Gasteiger partial charge in [-0.25, -0.2) is 24.0 Å². The lowest BCUT2D eigenvalue weighted by Gasteiger charge is -2.21. The monoisotopic (exact) mass is 2490 g/mol. The van der Waals surface area contributed by atoms with Crippen LogP contribution in [0.2, 0.25) is 0 Å². The highest BCUT2D eigenvalue weighted by Crippen LogP contribution is 2.40. The summed E-state index contributed by atoms with van der Waals surface area (Å²) in [6, 6.07) is 56.7.